The van der Waals surface area contributed by atoms with E-state index in [1.807, 2.05) is 17.5 Å². The molecule has 0 atom stereocenters. The molecule has 0 amide bonds. The molecule has 0 bridgehead atoms. The van der Waals surface area contributed by atoms with Crippen LogP contribution >= 0.6 is 27.3 Å². The van der Waals surface area contributed by atoms with Crippen molar-refractivity contribution in [3.05, 3.63) is 49.2 Å². The van der Waals surface area contributed by atoms with E-state index in [2.05, 4.69) is 26.2 Å². The van der Waals surface area contributed by atoms with Crippen molar-refractivity contribution >= 4 is 38.8 Å². The minimum absolute atomic E-state index is 0.0315. The quantitative estimate of drug-likeness (QED) is 0.693. The van der Waals surface area contributed by atoms with Crippen LogP contribution in [0, 0.1) is 10.1 Å². The van der Waals surface area contributed by atoms with Crippen LogP contribution in [0.5, 0.6) is 0 Å². The number of anilines is 1. The summed E-state index contributed by atoms with van der Waals surface area (Å²) in [7, 11) is 0. The van der Waals surface area contributed by atoms with Crippen LogP contribution in [-0.2, 0) is 6.54 Å². The summed E-state index contributed by atoms with van der Waals surface area (Å²) in [5.74, 6) is 0.284. The number of nitrogens with zero attached hydrogens (tertiary/aromatic N) is 2. The highest BCUT2D eigenvalue weighted by molar-refractivity contribution is 9.10. The second-order valence-electron chi connectivity index (χ2n) is 3.21. The molecule has 0 spiro atoms. The molecule has 1 N–H and O–H groups in total. The maximum absolute atomic E-state index is 10.8. The van der Waals surface area contributed by atoms with Crippen molar-refractivity contribution in [3.63, 3.8) is 0 Å². The maximum Gasteiger partial charge on any atom is 0.312 e. The lowest BCUT2D eigenvalue weighted by Gasteiger charge is -2.04. The Morgan fingerprint density at radius 1 is 1.59 bits per heavy atom. The maximum atomic E-state index is 10.8. The standard InChI is InChI=1S/C10H8BrN3O2S/c11-7-4-9(14(15)16)10(12-5-7)13-6-8-2-1-3-17-8/h1-5H,6H2,(H,12,13). The first kappa shape index (κ1) is 12.0. The molecule has 2 heterocycles. The van der Waals surface area contributed by atoms with Crippen LogP contribution in [0.4, 0.5) is 11.5 Å². The van der Waals surface area contributed by atoms with E-state index < -0.39 is 4.92 Å². The predicted octanol–water partition coefficient (Wildman–Crippen LogP) is 3.43. The Hall–Kier alpha value is -1.47. The van der Waals surface area contributed by atoms with Crippen LogP contribution in [0.2, 0.25) is 0 Å². The van der Waals surface area contributed by atoms with E-state index in [0.29, 0.717) is 11.0 Å². The van der Waals surface area contributed by atoms with E-state index in [4.69, 9.17) is 0 Å². The molecular weight excluding hydrogens is 306 g/mol. The number of thiophene rings is 1. The summed E-state index contributed by atoms with van der Waals surface area (Å²) in [5, 5.41) is 15.8. The van der Waals surface area contributed by atoms with Crippen LogP contribution < -0.4 is 5.32 Å². The van der Waals surface area contributed by atoms with Gasteiger partial charge < -0.3 is 5.32 Å². The fourth-order valence-electron chi connectivity index (χ4n) is 1.29. The molecule has 2 rings (SSSR count). The van der Waals surface area contributed by atoms with E-state index in [1.54, 1.807) is 11.3 Å². The molecule has 88 valence electrons. The van der Waals surface area contributed by atoms with Crippen LogP contribution in [0.15, 0.2) is 34.2 Å². The van der Waals surface area contributed by atoms with Crippen molar-refractivity contribution in [2.75, 3.05) is 5.32 Å². The summed E-state index contributed by atoms with van der Waals surface area (Å²) in [4.78, 5) is 15.5. The molecule has 0 radical (unpaired) electrons. The SMILES string of the molecule is O=[N+]([O-])c1cc(Br)cnc1NCc1cccs1. The van der Waals surface area contributed by atoms with E-state index in [9.17, 15) is 10.1 Å². The van der Waals surface area contributed by atoms with Gasteiger partial charge in [0, 0.05) is 21.6 Å². The molecule has 0 aliphatic rings. The van der Waals surface area contributed by atoms with E-state index in [-0.39, 0.29) is 11.5 Å². The minimum atomic E-state index is -0.450. The van der Waals surface area contributed by atoms with Gasteiger partial charge in [-0.1, -0.05) is 6.07 Å². The molecule has 0 aromatic carbocycles. The molecular formula is C10H8BrN3O2S. The first-order chi connectivity index (χ1) is 8.16. The highest BCUT2D eigenvalue weighted by Crippen LogP contribution is 2.25. The summed E-state index contributed by atoms with van der Waals surface area (Å²) >= 11 is 4.75. The Balaban J connectivity index is 2.17. The number of nitro groups is 1. The number of hydrogen-bond donors (Lipinski definition) is 1. The summed E-state index contributed by atoms with van der Waals surface area (Å²) in [6.45, 7) is 0.535. The molecule has 0 unspecified atom stereocenters. The molecule has 2 aromatic heterocycles. The molecule has 0 saturated heterocycles. The molecule has 2 aromatic rings. The molecule has 0 aliphatic heterocycles. The van der Waals surface area contributed by atoms with E-state index in [0.717, 1.165) is 4.88 Å². The van der Waals surface area contributed by atoms with Gasteiger partial charge in [-0.3, -0.25) is 10.1 Å². The average molecular weight is 314 g/mol. The third-order valence-electron chi connectivity index (χ3n) is 2.04. The largest absolute Gasteiger partial charge is 0.359 e. The molecule has 0 saturated carbocycles. The monoisotopic (exact) mass is 313 g/mol. The van der Waals surface area contributed by atoms with Gasteiger partial charge in [-0.05, 0) is 27.4 Å². The fourth-order valence-corrected chi connectivity index (χ4v) is 2.25. The summed E-state index contributed by atoms with van der Waals surface area (Å²) < 4.78 is 0.589. The van der Waals surface area contributed by atoms with Crippen molar-refractivity contribution in [1.29, 1.82) is 0 Å². The number of aromatic nitrogens is 1. The Labute approximate surface area is 110 Å². The van der Waals surface area contributed by atoms with Crippen LogP contribution in [-0.4, -0.2) is 9.91 Å². The number of nitrogens with one attached hydrogen (secondary N) is 1. The van der Waals surface area contributed by atoms with Gasteiger partial charge in [0.25, 0.3) is 0 Å². The highest BCUT2D eigenvalue weighted by Gasteiger charge is 2.15. The lowest BCUT2D eigenvalue weighted by molar-refractivity contribution is -0.384. The van der Waals surface area contributed by atoms with Crippen molar-refractivity contribution < 1.29 is 4.92 Å². The van der Waals surface area contributed by atoms with Crippen molar-refractivity contribution in [3.8, 4) is 0 Å². The molecule has 0 aliphatic carbocycles. The van der Waals surface area contributed by atoms with Crippen molar-refractivity contribution in [2.45, 2.75) is 6.54 Å². The normalized spacial score (nSPS) is 10.2. The fraction of sp³-hybridized carbons (Fsp3) is 0.100. The Bertz CT molecular complexity index is 530. The third-order valence-corrected chi connectivity index (χ3v) is 3.35. The highest BCUT2D eigenvalue weighted by atomic mass is 79.9. The number of hydrogen-bond acceptors (Lipinski definition) is 5. The smallest absolute Gasteiger partial charge is 0.312 e. The Morgan fingerprint density at radius 2 is 2.41 bits per heavy atom. The first-order valence-electron chi connectivity index (χ1n) is 4.73. The van der Waals surface area contributed by atoms with Gasteiger partial charge in [-0.2, -0.15) is 0 Å². The third kappa shape index (κ3) is 3.01. The number of rotatable bonds is 4. The molecule has 0 fully saturated rings. The van der Waals surface area contributed by atoms with Gasteiger partial charge in [0.1, 0.15) is 0 Å². The first-order valence-corrected chi connectivity index (χ1v) is 6.40. The van der Waals surface area contributed by atoms with Gasteiger partial charge in [0.05, 0.1) is 11.5 Å². The second kappa shape index (κ2) is 5.24. The van der Waals surface area contributed by atoms with E-state index in [1.165, 1.54) is 12.3 Å². The van der Waals surface area contributed by atoms with Crippen molar-refractivity contribution in [1.82, 2.24) is 4.98 Å². The zero-order valence-corrected chi connectivity index (χ0v) is 11.0. The Kier molecular flexibility index (Phi) is 3.70. The lowest BCUT2D eigenvalue weighted by atomic mass is 10.4. The topological polar surface area (TPSA) is 68.1 Å². The van der Waals surface area contributed by atoms with Crippen LogP contribution in [0.3, 0.4) is 0 Å². The van der Waals surface area contributed by atoms with Crippen LogP contribution in [0.25, 0.3) is 0 Å². The summed E-state index contributed by atoms with van der Waals surface area (Å²) in [6.07, 6.45) is 1.53. The second-order valence-corrected chi connectivity index (χ2v) is 5.16. The number of pyridine rings is 1. The zero-order valence-electron chi connectivity index (χ0n) is 8.59. The predicted molar refractivity (Wildman–Crippen MR) is 70.2 cm³/mol. The lowest BCUT2D eigenvalue weighted by Crippen LogP contribution is -2.03. The van der Waals surface area contributed by atoms with Gasteiger partial charge in [0.2, 0.25) is 5.82 Å². The van der Waals surface area contributed by atoms with Gasteiger partial charge in [-0.25, -0.2) is 4.98 Å². The van der Waals surface area contributed by atoms with Gasteiger partial charge in [0.15, 0.2) is 0 Å². The molecule has 7 heteroatoms. The zero-order chi connectivity index (χ0) is 12.3. The average Bonchev–Trinajstić information content (AvgIpc) is 2.80. The van der Waals surface area contributed by atoms with Gasteiger partial charge >= 0.3 is 5.69 Å². The Morgan fingerprint density at radius 3 is 3.06 bits per heavy atom. The van der Waals surface area contributed by atoms with Crippen LogP contribution in [0.1, 0.15) is 4.88 Å². The summed E-state index contributed by atoms with van der Waals surface area (Å²) in [5.41, 5.74) is -0.0315. The minimum Gasteiger partial charge on any atom is -0.359 e. The molecule has 5 nitrogen and oxygen atoms in total. The van der Waals surface area contributed by atoms with E-state index >= 15 is 0 Å². The van der Waals surface area contributed by atoms with Gasteiger partial charge in [-0.15, -0.1) is 11.3 Å². The van der Waals surface area contributed by atoms with Crippen molar-refractivity contribution in [2.24, 2.45) is 0 Å². The molecule has 17 heavy (non-hydrogen) atoms. The summed E-state index contributed by atoms with van der Waals surface area (Å²) in [6, 6.07) is 5.33. The number of halogens is 1.